The average Bonchev–Trinajstić information content (AvgIpc) is 3.17. The highest BCUT2D eigenvalue weighted by atomic mass is 35.5. The second-order valence-electron chi connectivity index (χ2n) is 8.01. The van der Waals surface area contributed by atoms with Gasteiger partial charge in [-0.15, -0.1) is 0 Å². The highest BCUT2D eigenvalue weighted by molar-refractivity contribution is 6.34. The van der Waals surface area contributed by atoms with Gasteiger partial charge < -0.3 is 15.2 Å². The fourth-order valence-corrected chi connectivity index (χ4v) is 4.62. The van der Waals surface area contributed by atoms with Gasteiger partial charge in [-0.1, -0.05) is 60.3 Å². The van der Waals surface area contributed by atoms with Gasteiger partial charge in [0.05, 0.1) is 11.2 Å². The van der Waals surface area contributed by atoms with Crippen LogP contribution in [-0.4, -0.2) is 32.6 Å². The minimum atomic E-state index is 0.502. The first-order valence-corrected chi connectivity index (χ1v) is 12.6. The molecule has 9 heteroatoms. The molecule has 2 aromatic heterocycles. The summed E-state index contributed by atoms with van der Waals surface area (Å²) in [6, 6.07) is 13.2. The van der Waals surface area contributed by atoms with Crippen LogP contribution in [0.1, 0.15) is 31.7 Å². The maximum atomic E-state index is 6.52. The third kappa shape index (κ3) is 6.19. The van der Waals surface area contributed by atoms with Gasteiger partial charge in [0.15, 0.2) is 5.65 Å². The summed E-state index contributed by atoms with van der Waals surface area (Å²) < 4.78 is 2.15. The van der Waals surface area contributed by atoms with E-state index in [0.29, 0.717) is 27.6 Å². The van der Waals surface area contributed by atoms with Crippen LogP contribution in [0, 0.1) is 0 Å². The zero-order valence-corrected chi connectivity index (χ0v) is 21.3. The summed E-state index contributed by atoms with van der Waals surface area (Å²) in [5.41, 5.74) is 3.35. The molecule has 2 heterocycles. The monoisotopic (exact) mass is 516 g/mol. The lowest BCUT2D eigenvalue weighted by atomic mass is 10.2. The summed E-state index contributed by atoms with van der Waals surface area (Å²) in [6.45, 7) is 5.45. The number of nitrogens with one attached hydrogen (secondary N) is 2. The SMILES string of the molecule is CCNCCCCCn1c(-c2ccccc2Cl)nc2cnc(NCc3cc(Cl)cc(Cl)c3)nc21. The van der Waals surface area contributed by atoms with Gasteiger partial charge in [-0.3, -0.25) is 0 Å². The zero-order valence-electron chi connectivity index (χ0n) is 19.0. The van der Waals surface area contributed by atoms with E-state index in [4.69, 9.17) is 44.8 Å². The number of anilines is 1. The fourth-order valence-electron chi connectivity index (χ4n) is 3.83. The van der Waals surface area contributed by atoms with Crippen LogP contribution >= 0.6 is 34.8 Å². The quantitative estimate of drug-likeness (QED) is 0.213. The van der Waals surface area contributed by atoms with Gasteiger partial charge in [0, 0.05) is 28.7 Å². The first kappa shape index (κ1) is 24.7. The van der Waals surface area contributed by atoms with Crippen molar-refractivity contribution in [1.82, 2.24) is 24.8 Å². The molecule has 0 fully saturated rings. The molecule has 34 heavy (non-hydrogen) atoms. The van der Waals surface area contributed by atoms with Gasteiger partial charge in [-0.2, -0.15) is 4.98 Å². The van der Waals surface area contributed by atoms with Crippen molar-refractivity contribution in [2.45, 2.75) is 39.3 Å². The number of hydrogen-bond acceptors (Lipinski definition) is 5. The number of imidazole rings is 1. The summed E-state index contributed by atoms with van der Waals surface area (Å²) in [6.07, 6.45) is 5.01. The molecule has 0 saturated carbocycles. The van der Waals surface area contributed by atoms with Crippen molar-refractivity contribution in [3.05, 3.63) is 69.3 Å². The van der Waals surface area contributed by atoms with Crippen molar-refractivity contribution in [2.24, 2.45) is 0 Å². The van der Waals surface area contributed by atoms with Gasteiger partial charge in [-0.05, 0) is 61.8 Å². The first-order chi connectivity index (χ1) is 16.5. The third-order valence-corrected chi connectivity index (χ3v) is 6.23. The smallest absolute Gasteiger partial charge is 0.225 e. The molecule has 0 amide bonds. The zero-order chi connectivity index (χ0) is 23.9. The van der Waals surface area contributed by atoms with Crippen molar-refractivity contribution >= 4 is 51.9 Å². The number of nitrogens with zero attached hydrogens (tertiary/aromatic N) is 4. The minimum absolute atomic E-state index is 0.502. The Hall–Kier alpha value is -2.38. The first-order valence-electron chi connectivity index (χ1n) is 11.4. The van der Waals surface area contributed by atoms with Crippen molar-refractivity contribution in [3.63, 3.8) is 0 Å². The molecule has 6 nitrogen and oxygen atoms in total. The molecule has 0 aliphatic carbocycles. The predicted octanol–water partition coefficient (Wildman–Crippen LogP) is 6.85. The van der Waals surface area contributed by atoms with Gasteiger partial charge in [-0.25, -0.2) is 9.97 Å². The lowest BCUT2D eigenvalue weighted by Crippen LogP contribution is -2.14. The molecule has 2 aromatic carbocycles. The van der Waals surface area contributed by atoms with Crippen molar-refractivity contribution in [3.8, 4) is 11.4 Å². The maximum Gasteiger partial charge on any atom is 0.225 e. The van der Waals surface area contributed by atoms with Crippen LogP contribution in [0.5, 0.6) is 0 Å². The molecule has 0 spiro atoms. The Labute approximate surface area is 214 Å². The van der Waals surface area contributed by atoms with Crippen LogP contribution in [0.3, 0.4) is 0 Å². The van der Waals surface area contributed by atoms with Crippen molar-refractivity contribution in [1.29, 1.82) is 0 Å². The Morgan fingerprint density at radius 2 is 1.74 bits per heavy atom. The third-order valence-electron chi connectivity index (χ3n) is 5.46. The number of halogens is 3. The molecule has 0 bridgehead atoms. The number of aryl methyl sites for hydroxylation is 1. The van der Waals surface area contributed by atoms with E-state index in [2.05, 4.69) is 27.1 Å². The molecular weight excluding hydrogens is 491 g/mol. The molecule has 0 radical (unpaired) electrons. The van der Waals surface area contributed by atoms with Gasteiger partial charge in [0.25, 0.3) is 0 Å². The summed E-state index contributed by atoms with van der Waals surface area (Å²) in [5.74, 6) is 1.32. The van der Waals surface area contributed by atoms with Crippen LogP contribution in [0.15, 0.2) is 48.7 Å². The predicted molar refractivity (Wildman–Crippen MR) is 142 cm³/mol. The van der Waals surface area contributed by atoms with E-state index in [1.54, 1.807) is 12.3 Å². The molecule has 178 valence electrons. The Bertz CT molecular complexity index is 1240. The molecule has 4 rings (SSSR count). The van der Waals surface area contributed by atoms with Crippen molar-refractivity contribution < 1.29 is 0 Å². The van der Waals surface area contributed by atoms with Crippen molar-refractivity contribution in [2.75, 3.05) is 18.4 Å². The summed E-state index contributed by atoms with van der Waals surface area (Å²) in [5, 5.41) is 8.50. The van der Waals surface area contributed by atoms with Gasteiger partial charge >= 0.3 is 0 Å². The molecule has 0 aliphatic rings. The standard InChI is InChI=1S/C25H27Cl3N6/c1-2-29-10-6-3-7-11-34-23(20-8-4-5-9-21(20)28)32-22-16-31-25(33-24(22)34)30-15-17-12-18(26)14-19(27)13-17/h4-5,8-9,12-14,16,29H,2-3,6-7,10-11,15H2,1H3,(H,30,31,33). The maximum absolute atomic E-state index is 6.52. The summed E-state index contributed by atoms with van der Waals surface area (Å²) in [7, 11) is 0. The molecule has 0 atom stereocenters. The topological polar surface area (TPSA) is 67.7 Å². The largest absolute Gasteiger partial charge is 0.350 e. The number of rotatable bonds is 11. The fraction of sp³-hybridized carbons (Fsp3) is 0.320. The molecular formula is C25H27Cl3N6. The number of aromatic nitrogens is 4. The highest BCUT2D eigenvalue weighted by Crippen LogP contribution is 2.30. The van der Waals surface area contributed by atoms with E-state index < -0.39 is 0 Å². The van der Waals surface area contributed by atoms with Crippen LogP contribution in [-0.2, 0) is 13.1 Å². The molecule has 0 aliphatic heterocycles. The Kier molecular flexibility index (Phi) is 8.62. The van der Waals surface area contributed by atoms with E-state index in [1.165, 1.54) is 0 Å². The lowest BCUT2D eigenvalue weighted by molar-refractivity contribution is 0.572. The van der Waals surface area contributed by atoms with E-state index in [9.17, 15) is 0 Å². The molecule has 0 unspecified atom stereocenters. The number of benzene rings is 2. The van der Waals surface area contributed by atoms with Crippen LogP contribution in [0.25, 0.3) is 22.6 Å². The van der Waals surface area contributed by atoms with E-state index in [1.807, 2.05) is 36.4 Å². The molecule has 2 N–H and O–H groups in total. The van der Waals surface area contributed by atoms with Crippen LogP contribution < -0.4 is 10.6 Å². The number of unbranched alkanes of at least 4 members (excludes halogenated alkanes) is 2. The number of hydrogen-bond donors (Lipinski definition) is 2. The normalized spacial score (nSPS) is 11.3. The van der Waals surface area contributed by atoms with E-state index >= 15 is 0 Å². The van der Waals surface area contributed by atoms with Gasteiger partial charge in [0.1, 0.15) is 11.3 Å². The second-order valence-corrected chi connectivity index (χ2v) is 9.29. The van der Waals surface area contributed by atoms with Crippen LogP contribution in [0.4, 0.5) is 5.95 Å². The molecule has 0 saturated heterocycles. The number of fused-ring (bicyclic) bond motifs is 1. The Balaban J connectivity index is 1.60. The second kappa shape index (κ2) is 11.8. The Morgan fingerprint density at radius 3 is 2.50 bits per heavy atom. The van der Waals surface area contributed by atoms with Crippen LogP contribution in [0.2, 0.25) is 15.1 Å². The highest BCUT2D eigenvalue weighted by Gasteiger charge is 2.17. The Morgan fingerprint density at radius 1 is 0.941 bits per heavy atom. The minimum Gasteiger partial charge on any atom is -0.350 e. The van der Waals surface area contributed by atoms with Gasteiger partial charge in [0.2, 0.25) is 5.95 Å². The summed E-state index contributed by atoms with van der Waals surface area (Å²) in [4.78, 5) is 14.1. The molecule has 4 aromatic rings. The van der Waals surface area contributed by atoms with E-state index in [-0.39, 0.29) is 0 Å². The lowest BCUT2D eigenvalue weighted by Gasteiger charge is -2.11. The van der Waals surface area contributed by atoms with E-state index in [0.717, 1.165) is 67.0 Å². The summed E-state index contributed by atoms with van der Waals surface area (Å²) >= 11 is 18.8. The average molecular weight is 518 g/mol.